The number of hydrogen-bond acceptors (Lipinski definition) is 0. The standard InChI is InChI=1S/C38H28N2/c1-26-12-10-19-33-32-23-22-27(25-36(32)40(37(26)33)30-16-6-3-7-17-30)24-28-13-11-20-34-31-18-8-9-21-35(31)39(38(28)34)29-14-4-2-5-15-29/h2-23,25H,24H2,1H3. The van der Waals surface area contributed by atoms with E-state index >= 15 is 0 Å². The molecule has 0 bridgehead atoms. The Hall–Kier alpha value is -5.08. The molecule has 2 heteroatoms. The fourth-order valence-electron chi connectivity index (χ4n) is 6.54. The van der Waals surface area contributed by atoms with Crippen LogP contribution in [0.5, 0.6) is 0 Å². The van der Waals surface area contributed by atoms with Crippen LogP contribution >= 0.6 is 0 Å². The minimum absolute atomic E-state index is 0.853. The maximum absolute atomic E-state index is 2.44. The SMILES string of the molecule is Cc1cccc2c3ccc(Cc4cccc5c6ccccc6n(-c6ccccc6)c45)cc3n(-c3ccccc3)c12. The van der Waals surface area contributed by atoms with Crippen LogP contribution in [-0.4, -0.2) is 9.13 Å². The first-order valence-electron chi connectivity index (χ1n) is 13.9. The van der Waals surface area contributed by atoms with Gasteiger partial charge in [0.1, 0.15) is 0 Å². The molecule has 0 aliphatic heterocycles. The van der Waals surface area contributed by atoms with E-state index < -0.39 is 0 Å². The van der Waals surface area contributed by atoms with Crippen LogP contribution in [0.15, 0.2) is 140 Å². The molecule has 0 radical (unpaired) electrons. The van der Waals surface area contributed by atoms with Crippen LogP contribution in [0.3, 0.4) is 0 Å². The maximum Gasteiger partial charge on any atom is 0.0576 e. The summed E-state index contributed by atoms with van der Waals surface area (Å²) in [6.07, 6.45) is 0.853. The van der Waals surface area contributed by atoms with Crippen molar-refractivity contribution in [1.29, 1.82) is 0 Å². The lowest BCUT2D eigenvalue weighted by molar-refractivity contribution is 1.13. The number of aromatic nitrogens is 2. The lowest BCUT2D eigenvalue weighted by Crippen LogP contribution is -1.98. The van der Waals surface area contributed by atoms with Gasteiger partial charge >= 0.3 is 0 Å². The van der Waals surface area contributed by atoms with Gasteiger partial charge in [-0.05, 0) is 66.4 Å². The average molecular weight is 513 g/mol. The van der Waals surface area contributed by atoms with Crippen LogP contribution in [0, 0.1) is 6.92 Å². The Labute approximate surface area is 233 Å². The zero-order valence-corrected chi connectivity index (χ0v) is 22.4. The molecule has 0 amide bonds. The van der Waals surface area contributed by atoms with E-state index in [1.54, 1.807) is 0 Å². The minimum Gasteiger partial charge on any atom is -0.309 e. The smallest absolute Gasteiger partial charge is 0.0576 e. The van der Waals surface area contributed by atoms with Gasteiger partial charge in [-0.25, -0.2) is 0 Å². The van der Waals surface area contributed by atoms with Crippen LogP contribution in [-0.2, 0) is 6.42 Å². The van der Waals surface area contributed by atoms with E-state index in [0.29, 0.717) is 0 Å². The van der Waals surface area contributed by atoms with Crippen molar-refractivity contribution in [3.05, 3.63) is 156 Å². The Balaban J connectivity index is 1.37. The molecule has 2 aromatic heterocycles. The van der Waals surface area contributed by atoms with Crippen molar-refractivity contribution < 1.29 is 0 Å². The lowest BCUT2D eigenvalue weighted by atomic mass is 10.0. The molecule has 0 N–H and O–H groups in total. The molecule has 0 saturated carbocycles. The number of para-hydroxylation sites is 5. The van der Waals surface area contributed by atoms with Crippen molar-refractivity contribution in [1.82, 2.24) is 9.13 Å². The molecular weight excluding hydrogens is 484 g/mol. The fourth-order valence-corrected chi connectivity index (χ4v) is 6.54. The molecule has 0 saturated heterocycles. The second-order valence-corrected chi connectivity index (χ2v) is 10.7. The average Bonchev–Trinajstić information content (AvgIpc) is 3.52. The summed E-state index contributed by atoms with van der Waals surface area (Å²) in [6.45, 7) is 2.21. The highest BCUT2D eigenvalue weighted by atomic mass is 15.0. The van der Waals surface area contributed by atoms with E-state index in [2.05, 4.69) is 156 Å². The molecule has 0 atom stereocenters. The third-order valence-corrected chi connectivity index (χ3v) is 8.26. The van der Waals surface area contributed by atoms with Gasteiger partial charge in [-0.1, -0.05) is 103 Å². The molecule has 2 nitrogen and oxygen atoms in total. The summed E-state index contributed by atoms with van der Waals surface area (Å²) in [5.74, 6) is 0. The van der Waals surface area contributed by atoms with Gasteiger partial charge in [-0.2, -0.15) is 0 Å². The van der Waals surface area contributed by atoms with Crippen molar-refractivity contribution in [2.45, 2.75) is 13.3 Å². The first kappa shape index (κ1) is 22.9. The molecule has 8 aromatic rings. The summed E-state index contributed by atoms with van der Waals surface area (Å²) in [6, 6.07) is 50.7. The normalized spacial score (nSPS) is 11.7. The Bertz CT molecular complexity index is 2180. The van der Waals surface area contributed by atoms with Crippen molar-refractivity contribution in [3.63, 3.8) is 0 Å². The van der Waals surface area contributed by atoms with Crippen LogP contribution in [0.25, 0.3) is 55.0 Å². The molecule has 6 aromatic carbocycles. The number of fused-ring (bicyclic) bond motifs is 6. The van der Waals surface area contributed by atoms with Crippen LogP contribution in [0.1, 0.15) is 16.7 Å². The van der Waals surface area contributed by atoms with Crippen molar-refractivity contribution >= 4 is 43.6 Å². The Morgan fingerprint density at radius 3 is 1.77 bits per heavy atom. The molecule has 0 unspecified atom stereocenters. The molecule has 0 fully saturated rings. The molecule has 190 valence electrons. The lowest BCUT2D eigenvalue weighted by Gasteiger charge is -2.12. The molecule has 0 aliphatic carbocycles. The van der Waals surface area contributed by atoms with E-state index in [0.717, 1.165) is 6.42 Å². The molecule has 0 spiro atoms. The van der Waals surface area contributed by atoms with E-state index in [4.69, 9.17) is 0 Å². The van der Waals surface area contributed by atoms with Gasteiger partial charge in [0.15, 0.2) is 0 Å². The highest BCUT2D eigenvalue weighted by Gasteiger charge is 2.17. The molecular formula is C38H28N2. The first-order chi connectivity index (χ1) is 19.8. The molecule has 2 heterocycles. The zero-order valence-electron chi connectivity index (χ0n) is 22.4. The molecule has 0 aliphatic rings. The van der Waals surface area contributed by atoms with E-state index in [1.807, 2.05) is 0 Å². The van der Waals surface area contributed by atoms with E-state index in [9.17, 15) is 0 Å². The van der Waals surface area contributed by atoms with Gasteiger partial charge in [-0.3, -0.25) is 0 Å². The number of hydrogen-bond donors (Lipinski definition) is 0. The molecule has 8 rings (SSSR count). The van der Waals surface area contributed by atoms with Crippen LogP contribution in [0.4, 0.5) is 0 Å². The Morgan fingerprint density at radius 1 is 0.450 bits per heavy atom. The highest BCUT2D eigenvalue weighted by molar-refractivity contribution is 6.11. The summed E-state index contributed by atoms with van der Waals surface area (Å²) in [7, 11) is 0. The van der Waals surface area contributed by atoms with Crippen molar-refractivity contribution in [2.75, 3.05) is 0 Å². The third kappa shape index (κ3) is 3.43. The first-order valence-corrected chi connectivity index (χ1v) is 13.9. The summed E-state index contributed by atoms with van der Waals surface area (Å²) in [5.41, 5.74) is 11.4. The van der Waals surface area contributed by atoms with Crippen molar-refractivity contribution in [3.8, 4) is 11.4 Å². The Morgan fingerprint density at radius 2 is 1.02 bits per heavy atom. The minimum atomic E-state index is 0.853. The second kappa shape index (κ2) is 9.00. The zero-order chi connectivity index (χ0) is 26.6. The van der Waals surface area contributed by atoms with Gasteiger partial charge < -0.3 is 9.13 Å². The fraction of sp³-hybridized carbons (Fsp3) is 0.0526. The quantitative estimate of drug-likeness (QED) is 0.222. The summed E-state index contributed by atoms with van der Waals surface area (Å²) >= 11 is 0. The number of aryl methyl sites for hydroxylation is 1. The van der Waals surface area contributed by atoms with Gasteiger partial charge in [-0.15, -0.1) is 0 Å². The number of rotatable bonds is 4. The van der Waals surface area contributed by atoms with Crippen molar-refractivity contribution in [2.24, 2.45) is 0 Å². The van der Waals surface area contributed by atoms with Gasteiger partial charge in [0, 0.05) is 32.9 Å². The molecule has 40 heavy (non-hydrogen) atoms. The Kier molecular flexibility index (Phi) is 5.14. The topological polar surface area (TPSA) is 9.86 Å². The summed E-state index contributed by atoms with van der Waals surface area (Å²) in [5, 5.41) is 5.19. The highest BCUT2D eigenvalue weighted by Crippen LogP contribution is 2.37. The number of nitrogens with zero attached hydrogens (tertiary/aromatic N) is 2. The van der Waals surface area contributed by atoms with Gasteiger partial charge in [0.2, 0.25) is 0 Å². The predicted molar refractivity (Wildman–Crippen MR) is 169 cm³/mol. The van der Waals surface area contributed by atoms with Gasteiger partial charge in [0.05, 0.1) is 22.1 Å². The second-order valence-electron chi connectivity index (χ2n) is 10.7. The maximum atomic E-state index is 2.44. The monoisotopic (exact) mass is 512 g/mol. The number of benzene rings is 6. The van der Waals surface area contributed by atoms with Crippen LogP contribution in [0.2, 0.25) is 0 Å². The largest absolute Gasteiger partial charge is 0.309 e. The summed E-state index contributed by atoms with van der Waals surface area (Å²) in [4.78, 5) is 0. The van der Waals surface area contributed by atoms with Gasteiger partial charge in [0.25, 0.3) is 0 Å². The van der Waals surface area contributed by atoms with E-state index in [-0.39, 0.29) is 0 Å². The third-order valence-electron chi connectivity index (χ3n) is 8.26. The van der Waals surface area contributed by atoms with E-state index in [1.165, 1.54) is 71.7 Å². The summed E-state index contributed by atoms with van der Waals surface area (Å²) < 4.78 is 4.87. The predicted octanol–water partition coefficient (Wildman–Crippen LogP) is 9.78. The van der Waals surface area contributed by atoms with Crippen LogP contribution < -0.4 is 0 Å².